The van der Waals surface area contributed by atoms with Gasteiger partial charge in [-0.3, -0.25) is 9.69 Å². The number of thioether (sulfide) groups is 1. The Morgan fingerprint density at radius 3 is 2.31 bits per heavy atom. The molecular weight excluding hydrogens is 512 g/mol. The highest BCUT2D eigenvalue weighted by Gasteiger charge is 2.23. The molecule has 3 heterocycles. The molecule has 1 aromatic carbocycles. The van der Waals surface area contributed by atoms with Crippen LogP contribution in [0.5, 0.6) is 0 Å². The molecule has 0 saturated carbocycles. The lowest BCUT2D eigenvalue weighted by Crippen LogP contribution is -2.51. The number of hydrogen-bond donors (Lipinski definition) is 1. The van der Waals surface area contributed by atoms with Crippen molar-refractivity contribution in [3.8, 4) is 0 Å². The van der Waals surface area contributed by atoms with E-state index in [2.05, 4.69) is 68.0 Å². The molecule has 0 unspecified atom stereocenters. The van der Waals surface area contributed by atoms with Gasteiger partial charge in [0, 0.05) is 69.8 Å². The monoisotopic (exact) mass is 556 g/mol. The molecule has 11 heteroatoms. The first-order valence-electron chi connectivity index (χ1n) is 14.1. The number of nitrogens with one attached hydrogen (secondary N) is 1. The molecule has 1 aromatic heterocycles. The van der Waals surface area contributed by atoms with Crippen molar-refractivity contribution in [1.29, 1.82) is 0 Å². The third kappa shape index (κ3) is 8.44. The van der Waals surface area contributed by atoms with Crippen LogP contribution in [0.4, 0.5) is 23.0 Å². The molecule has 2 saturated heterocycles. The average Bonchev–Trinajstić information content (AvgIpc) is 2.98. The van der Waals surface area contributed by atoms with Crippen molar-refractivity contribution in [3.63, 3.8) is 0 Å². The highest BCUT2D eigenvalue weighted by molar-refractivity contribution is 7.98. The largest absolute Gasteiger partial charge is 0.378 e. The number of amides is 1. The van der Waals surface area contributed by atoms with Gasteiger partial charge < -0.3 is 29.7 Å². The molecule has 1 amide bonds. The molecule has 214 valence electrons. The first-order chi connectivity index (χ1) is 19.0. The second-order valence-corrected chi connectivity index (χ2v) is 10.8. The van der Waals surface area contributed by atoms with E-state index in [1.54, 1.807) is 0 Å². The number of anilines is 4. The summed E-state index contributed by atoms with van der Waals surface area (Å²) >= 11 is 1.53. The second kappa shape index (κ2) is 14.7. The number of piperazine rings is 1. The summed E-state index contributed by atoms with van der Waals surface area (Å²) in [6.45, 7) is 15.1. The zero-order valence-corrected chi connectivity index (χ0v) is 24.8. The van der Waals surface area contributed by atoms with E-state index in [4.69, 9.17) is 9.72 Å². The molecule has 2 fully saturated rings. The molecule has 4 rings (SSSR count). The predicted molar refractivity (Wildman–Crippen MR) is 161 cm³/mol. The SMILES string of the molecule is CCN(CC)CCN(C)CC(=O)N1CCN(c2cc(Nc3ccc(N4CCOCC4)cc3)nc(SC)n2)CC1. The number of hydrogen-bond acceptors (Lipinski definition) is 10. The Morgan fingerprint density at radius 2 is 1.67 bits per heavy atom. The fraction of sp³-hybridized carbons (Fsp3) is 0.607. The van der Waals surface area contributed by atoms with Crippen LogP contribution in [0.25, 0.3) is 0 Å². The number of ether oxygens (including phenoxy) is 1. The maximum absolute atomic E-state index is 12.9. The van der Waals surface area contributed by atoms with Gasteiger partial charge in [-0.25, -0.2) is 9.97 Å². The van der Waals surface area contributed by atoms with Crippen LogP contribution in [0.15, 0.2) is 35.5 Å². The van der Waals surface area contributed by atoms with Crippen LogP contribution in [0, 0.1) is 0 Å². The van der Waals surface area contributed by atoms with E-state index in [1.165, 1.54) is 17.4 Å². The predicted octanol–water partition coefficient (Wildman–Crippen LogP) is 2.70. The zero-order valence-electron chi connectivity index (χ0n) is 23.9. The lowest BCUT2D eigenvalue weighted by atomic mass is 10.2. The van der Waals surface area contributed by atoms with Crippen LogP contribution < -0.4 is 15.1 Å². The van der Waals surface area contributed by atoms with E-state index < -0.39 is 0 Å². The molecule has 0 atom stereocenters. The van der Waals surface area contributed by atoms with Gasteiger partial charge in [0.15, 0.2) is 5.16 Å². The second-order valence-electron chi connectivity index (χ2n) is 10.0. The van der Waals surface area contributed by atoms with Crippen LogP contribution in [0.1, 0.15) is 13.8 Å². The highest BCUT2D eigenvalue weighted by Crippen LogP contribution is 2.26. The summed E-state index contributed by atoms with van der Waals surface area (Å²) < 4.78 is 5.47. The van der Waals surface area contributed by atoms with Crippen molar-refractivity contribution >= 4 is 40.7 Å². The number of carbonyl (C=O) groups is 1. The van der Waals surface area contributed by atoms with E-state index in [1.807, 2.05) is 24.3 Å². The normalized spacial score (nSPS) is 16.3. The van der Waals surface area contributed by atoms with Gasteiger partial charge in [-0.1, -0.05) is 25.6 Å². The van der Waals surface area contributed by atoms with E-state index in [0.717, 1.165) is 88.1 Å². The Bertz CT molecular complexity index is 1040. The van der Waals surface area contributed by atoms with Gasteiger partial charge in [0.1, 0.15) is 11.6 Å². The Kier molecular flexibility index (Phi) is 11.1. The van der Waals surface area contributed by atoms with E-state index in [0.29, 0.717) is 19.6 Å². The van der Waals surface area contributed by atoms with E-state index >= 15 is 0 Å². The average molecular weight is 557 g/mol. The minimum Gasteiger partial charge on any atom is -0.378 e. The van der Waals surface area contributed by atoms with Crippen LogP contribution in [-0.4, -0.2) is 129 Å². The van der Waals surface area contributed by atoms with Crippen LogP contribution >= 0.6 is 11.8 Å². The summed E-state index contributed by atoms with van der Waals surface area (Å²) in [4.78, 5) is 33.5. The number of nitrogens with zero attached hydrogens (tertiary/aromatic N) is 7. The summed E-state index contributed by atoms with van der Waals surface area (Å²) in [5, 5.41) is 4.19. The topological polar surface area (TPSA) is 80.3 Å². The standard InChI is InChI=1S/C28H44N8O2S/c1-5-33(6-2)12-11-32(3)22-27(37)36-15-13-35(14-16-36)26-21-25(30-28(31-26)39-4)29-23-7-9-24(10-8-23)34-17-19-38-20-18-34/h7-10,21H,5-6,11-20,22H2,1-4H3,(H,29,30,31). The summed E-state index contributed by atoms with van der Waals surface area (Å²) in [6.07, 6.45) is 1.99. The molecule has 39 heavy (non-hydrogen) atoms. The van der Waals surface area contributed by atoms with Gasteiger partial charge in [0.2, 0.25) is 5.91 Å². The Labute approximate surface area is 237 Å². The Balaban J connectivity index is 1.31. The lowest BCUT2D eigenvalue weighted by molar-refractivity contribution is -0.132. The zero-order chi connectivity index (χ0) is 27.6. The number of benzene rings is 1. The van der Waals surface area contributed by atoms with Crippen molar-refractivity contribution in [1.82, 2.24) is 24.7 Å². The van der Waals surface area contributed by atoms with Crippen molar-refractivity contribution in [2.75, 3.05) is 114 Å². The molecule has 0 aliphatic carbocycles. The van der Waals surface area contributed by atoms with Gasteiger partial charge in [-0.05, 0) is 50.7 Å². The first kappa shape index (κ1) is 29.4. The molecule has 0 spiro atoms. The molecule has 0 bridgehead atoms. The van der Waals surface area contributed by atoms with Crippen LogP contribution in [0.3, 0.4) is 0 Å². The number of rotatable bonds is 12. The highest BCUT2D eigenvalue weighted by atomic mass is 32.2. The quantitative estimate of drug-likeness (QED) is 0.311. The van der Waals surface area contributed by atoms with Crippen molar-refractivity contribution in [2.45, 2.75) is 19.0 Å². The smallest absolute Gasteiger partial charge is 0.236 e. The van der Waals surface area contributed by atoms with Crippen molar-refractivity contribution in [3.05, 3.63) is 30.3 Å². The number of carbonyl (C=O) groups excluding carboxylic acids is 1. The fourth-order valence-corrected chi connectivity index (χ4v) is 5.28. The number of morpholine rings is 1. The first-order valence-corrected chi connectivity index (χ1v) is 15.3. The minimum absolute atomic E-state index is 0.201. The van der Waals surface area contributed by atoms with Gasteiger partial charge >= 0.3 is 0 Å². The summed E-state index contributed by atoms with van der Waals surface area (Å²) in [5.74, 6) is 1.87. The van der Waals surface area contributed by atoms with Crippen LogP contribution in [-0.2, 0) is 9.53 Å². The van der Waals surface area contributed by atoms with Gasteiger partial charge in [0.05, 0.1) is 19.8 Å². The molecule has 2 aromatic rings. The van der Waals surface area contributed by atoms with Gasteiger partial charge in [-0.15, -0.1) is 0 Å². The molecule has 2 aliphatic heterocycles. The van der Waals surface area contributed by atoms with E-state index in [9.17, 15) is 4.79 Å². The molecule has 0 radical (unpaired) electrons. The maximum atomic E-state index is 12.9. The van der Waals surface area contributed by atoms with E-state index in [-0.39, 0.29) is 5.91 Å². The fourth-order valence-electron chi connectivity index (χ4n) is 4.90. The number of aromatic nitrogens is 2. The van der Waals surface area contributed by atoms with Gasteiger partial charge in [0.25, 0.3) is 0 Å². The van der Waals surface area contributed by atoms with Crippen LogP contribution in [0.2, 0.25) is 0 Å². The molecular formula is C28H44N8O2S. The third-order valence-electron chi connectivity index (χ3n) is 7.44. The van der Waals surface area contributed by atoms with Crippen molar-refractivity contribution < 1.29 is 9.53 Å². The van der Waals surface area contributed by atoms with Gasteiger partial charge in [-0.2, -0.15) is 0 Å². The minimum atomic E-state index is 0.201. The molecule has 10 nitrogen and oxygen atoms in total. The molecule has 1 N–H and O–H groups in total. The summed E-state index contributed by atoms with van der Waals surface area (Å²) in [6, 6.07) is 10.5. The Morgan fingerprint density at radius 1 is 0.974 bits per heavy atom. The lowest BCUT2D eigenvalue weighted by Gasteiger charge is -2.36. The maximum Gasteiger partial charge on any atom is 0.236 e. The third-order valence-corrected chi connectivity index (χ3v) is 7.99. The summed E-state index contributed by atoms with van der Waals surface area (Å²) in [5.41, 5.74) is 2.20. The number of likely N-dealkylation sites (N-methyl/N-ethyl adjacent to an activating group) is 2. The summed E-state index contributed by atoms with van der Waals surface area (Å²) in [7, 11) is 2.03. The molecule has 2 aliphatic rings. The Hall–Kier alpha value is -2.60. The van der Waals surface area contributed by atoms with Crippen molar-refractivity contribution in [2.24, 2.45) is 0 Å².